The fourth-order valence-electron chi connectivity index (χ4n) is 3.63. The van der Waals surface area contributed by atoms with Gasteiger partial charge in [-0.1, -0.05) is 33.6 Å². The number of nitrogens with one attached hydrogen (secondary N) is 1. The van der Waals surface area contributed by atoms with E-state index in [1.807, 2.05) is 0 Å². The van der Waals surface area contributed by atoms with Gasteiger partial charge in [0.15, 0.2) is 0 Å². The first-order valence-electron chi connectivity index (χ1n) is 8.82. The van der Waals surface area contributed by atoms with Gasteiger partial charge in [-0.05, 0) is 38.6 Å². The topological polar surface area (TPSA) is 24.5 Å². The highest BCUT2D eigenvalue weighted by Gasteiger charge is 2.29. The van der Waals surface area contributed by atoms with Crippen molar-refractivity contribution in [2.24, 2.45) is 0 Å². The van der Waals surface area contributed by atoms with Crippen LogP contribution in [0.1, 0.15) is 65.7 Å². The number of hydrogen-bond donors (Lipinski definition) is 1. The zero-order valence-electron chi connectivity index (χ0n) is 13.7. The lowest BCUT2D eigenvalue weighted by atomic mass is 10.1. The molecule has 0 aromatic rings. The summed E-state index contributed by atoms with van der Waals surface area (Å²) < 4.78 is 6.24. The Morgan fingerprint density at radius 2 is 1.90 bits per heavy atom. The Labute approximate surface area is 125 Å². The molecule has 0 spiro atoms. The van der Waals surface area contributed by atoms with Crippen molar-refractivity contribution in [2.45, 2.75) is 90.0 Å². The van der Waals surface area contributed by atoms with Gasteiger partial charge in [0.1, 0.15) is 0 Å². The van der Waals surface area contributed by atoms with E-state index in [2.05, 4.69) is 31.0 Å². The number of likely N-dealkylation sites (tertiary alicyclic amines) is 1. The molecule has 2 saturated heterocycles. The zero-order valence-corrected chi connectivity index (χ0v) is 13.7. The Morgan fingerprint density at radius 1 is 1.10 bits per heavy atom. The molecule has 0 aliphatic carbocycles. The molecule has 3 nitrogen and oxygen atoms in total. The highest BCUT2D eigenvalue weighted by molar-refractivity contribution is 4.82. The summed E-state index contributed by atoms with van der Waals surface area (Å²) in [5.41, 5.74) is 0. The Morgan fingerprint density at radius 3 is 2.65 bits per heavy atom. The molecule has 0 amide bonds. The standard InChI is InChI=1S/C17H34N2O/c1-4-15-8-6-5-7-11-19(15)13-17-10-9-16(20-17)12-18-14(2)3/h14-18H,4-13H2,1-3H3. The van der Waals surface area contributed by atoms with E-state index in [0.29, 0.717) is 18.2 Å². The number of ether oxygens (including phenoxy) is 1. The summed E-state index contributed by atoms with van der Waals surface area (Å²) in [6.07, 6.45) is 10.3. The molecule has 3 heteroatoms. The summed E-state index contributed by atoms with van der Waals surface area (Å²) in [5, 5.41) is 3.50. The van der Waals surface area contributed by atoms with Gasteiger partial charge in [-0.25, -0.2) is 0 Å². The third kappa shape index (κ3) is 5.01. The Bertz CT molecular complexity index is 270. The van der Waals surface area contributed by atoms with E-state index in [1.165, 1.54) is 51.5 Å². The number of nitrogens with zero attached hydrogens (tertiary/aromatic N) is 1. The van der Waals surface area contributed by atoms with Gasteiger partial charge in [0, 0.05) is 25.2 Å². The minimum Gasteiger partial charge on any atom is -0.372 e. The first-order valence-corrected chi connectivity index (χ1v) is 8.82. The van der Waals surface area contributed by atoms with Crippen LogP contribution in [0.15, 0.2) is 0 Å². The summed E-state index contributed by atoms with van der Waals surface area (Å²) in [5.74, 6) is 0. The molecule has 2 aliphatic rings. The fraction of sp³-hybridized carbons (Fsp3) is 1.00. The highest BCUT2D eigenvalue weighted by Crippen LogP contribution is 2.24. The Kier molecular flexibility index (Phi) is 6.79. The molecule has 2 aliphatic heterocycles. The van der Waals surface area contributed by atoms with Crippen molar-refractivity contribution in [3.63, 3.8) is 0 Å². The molecule has 0 radical (unpaired) electrons. The van der Waals surface area contributed by atoms with E-state index in [1.54, 1.807) is 0 Å². The maximum atomic E-state index is 6.24. The summed E-state index contributed by atoms with van der Waals surface area (Å²) in [6.45, 7) is 10.2. The predicted octanol–water partition coefficient (Wildman–Crippen LogP) is 3.19. The molecule has 118 valence electrons. The van der Waals surface area contributed by atoms with Crippen molar-refractivity contribution in [1.82, 2.24) is 10.2 Å². The van der Waals surface area contributed by atoms with Gasteiger partial charge in [0.2, 0.25) is 0 Å². The second-order valence-corrected chi connectivity index (χ2v) is 6.93. The molecular formula is C17H34N2O. The van der Waals surface area contributed by atoms with Crippen LogP contribution in [-0.2, 0) is 4.74 Å². The summed E-state index contributed by atoms with van der Waals surface area (Å²) >= 11 is 0. The molecule has 0 aromatic carbocycles. The van der Waals surface area contributed by atoms with Crippen molar-refractivity contribution in [1.29, 1.82) is 0 Å². The van der Waals surface area contributed by atoms with Gasteiger partial charge in [0.05, 0.1) is 12.2 Å². The van der Waals surface area contributed by atoms with E-state index in [0.717, 1.165) is 19.1 Å². The maximum absolute atomic E-state index is 6.24. The van der Waals surface area contributed by atoms with Crippen molar-refractivity contribution in [2.75, 3.05) is 19.6 Å². The molecule has 2 heterocycles. The van der Waals surface area contributed by atoms with Crippen molar-refractivity contribution in [3.05, 3.63) is 0 Å². The van der Waals surface area contributed by atoms with E-state index in [9.17, 15) is 0 Å². The van der Waals surface area contributed by atoms with Gasteiger partial charge in [0.25, 0.3) is 0 Å². The third-order valence-electron chi connectivity index (χ3n) is 4.86. The van der Waals surface area contributed by atoms with Crippen LogP contribution in [-0.4, -0.2) is 48.8 Å². The Balaban J connectivity index is 1.75. The lowest BCUT2D eigenvalue weighted by Gasteiger charge is -2.31. The lowest BCUT2D eigenvalue weighted by Crippen LogP contribution is -2.40. The monoisotopic (exact) mass is 282 g/mol. The minimum absolute atomic E-state index is 0.439. The molecule has 2 fully saturated rings. The minimum atomic E-state index is 0.439. The van der Waals surface area contributed by atoms with E-state index >= 15 is 0 Å². The third-order valence-corrected chi connectivity index (χ3v) is 4.86. The van der Waals surface area contributed by atoms with Crippen LogP contribution < -0.4 is 5.32 Å². The molecule has 3 unspecified atom stereocenters. The smallest absolute Gasteiger partial charge is 0.0707 e. The van der Waals surface area contributed by atoms with E-state index < -0.39 is 0 Å². The van der Waals surface area contributed by atoms with E-state index in [-0.39, 0.29) is 0 Å². The largest absolute Gasteiger partial charge is 0.372 e. The van der Waals surface area contributed by atoms with Crippen LogP contribution in [0.25, 0.3) is 0 Å². The fourth-order valence-corrected chi connectivity index (χ4v) is 3.63. The summed E-state index contributed by atoms with van der Waals surface area (Å²) in [6, 6.07) is 1.36. The van der Waals surface area contributed by atoms with Crippen molar-refractivity contribution in [3.8, 4) is 0 Å². The lowest BCUT2D eigenvalue weighted by molar-refractivity contribution is 0.0137. The highest BCUT2D eigenvalue weighted by atomic mass is 16.5. The van der Waals surface area contributed by atoms with Crippen molar-refractivity contribution >= 4 is 0 Å². The van der Waals surface area contributed by atoms with Crippen molar-refractivity contribution < 1.29 is 4.74 Å². The second kappa shape index (κ2) is 8.35. The van der Waals surface area contributed by atoms with Gasteiger partial charge < -0.3 is 10.1 Å². The van der Waals surface area contributed by atoms with Crippen LogP contribution in [0.2, 0.25) is 0 Å². The normalized spacial score (nSPS) is 32.7. The average Bonchev–Trinajstić information content (AvgIpc) is 2.75. The molecule has 3 atom stereocenters. The second-order valence-electron chi connectivity index (χ2n) is 6.93. The zero-order chi connectivity index (χ0) is 14.4. The molecule has 1 N–H and O–H groups in total. The van der Waals surface area contributed by atoms with Gasteiger partial charge >= 0.3 is 0 Å². The SMILES string of the molecule is CCC1CCCCCN1CC1CCC(CNC(C)C)O1. The number of hydrogen-bond acceptors (Lipinski definition) is 3. The van der Waals surface area contributed by atoms with Crippen LogP contribution in [0.5, 0.6) is 0 Å². The first kappa shape index (κ1) is 16.3. The van der Waals surface area contributed by atoms with Gasteiger partial charge in [-0.15, -0.1) is 0 Å². The molecule has 20 heavy (non-hydrogen) atoms. The maximum Gasteiger partial charge on any atom is 0.0707 e. The van der Waals surface area contributed by atoms with Crippen LogP contribution in [0.3, 0.4) is 0 Å². The van der Waals surface area contributed by atoms with Crippen LogP contribution >= 0.6 is 0 Å². The molecule has 0 saturated carbocycles. The summed E-state index contributed by atoms with van der Waals surface area (Å²) in [4.78, 5) is 2.72. The van der Waals surface area contributed by atoms with Crippen LogP contribution in [0.4, 0.5) is 0 Å². The number of rotatable bonds is 6. The Hall–Kier alpha value is -0.120. The molecular weight excluding hydrogens is 248 g/mol. The first-order chi connectivity index (χ1) is 9.69. The summed E-state index contributed by atoms with van der Waals surface area (Å²) in [7, 11) is 0. The molecule has 0 bridgehead atoms. The van der Waals surface area contributed by atoms with Gasteiger partial charge in [-0.3, -0.25) is 4.90 Å². The van der Waals surface area contributed by atoms with E-state index in [4.69, 9.17) is 4.74 Å². The average molecular weight is 282 g/mol. The molecule has 0 aromatic heterocycles. The quantitative estimate of drug-likeness (QED) is 0.810. The predicted molar refractivity (Wildman–Crippen MR) is 85.2 cm³/mol. The van der Waals surface area contributed by atoms with Crippen LogP contribution in [0, 0.1) is 0 Å². The van der Waals surface area contributed by atoms with Gasteiger partial charge in [-0.2, -0.15) is 0 Å². The molecule has 2 rings (SSSR count).